The summed E-state index contributed by atoms with van der Waals surface area (Å²) in [4.78, 5) is 12.8. The van der Waals surface area contributed by atoms with Crippen LogP contribution in [0.25, 0.3) is 0 Å². The highest BCUT2D eigenvalue weighted by atomic mass is 32.2. The van der Waals surface area contributed by atoms with Gasteiger partial charge in [0.05, 0.1) is 17.0 Å². The molecular formula is C20H23N3O5S. The number of aliphatic hydroxyl groups excluding tert-OH is 1. The summed E-state index contributed by atoms with van der Waals surface area (Å²) < 4.78 is 33.2. The number of nitrogens with zero attached hydrogens (tertiary/aromatic N) is 2. The summed E-state index contributed by atoms with van der Waals surface area (Å²) in [6.07, 6.45) is 1.20. The van der Waals surface area contributed by atoms with Crippen molar-refractivity contribution < 1.29 is 22.8 Å². The van der Waals surface area contributed by atoms with Crippen molar-refractivity contribution in [2.24, 2.45) is 17.8 Å². The van der Waals surface area contributed by atoms with E-state index in [9.17, 15) is 18.3 Å². The van der Waals surface area contributed by atoms with Gasteiger partial charge in [0.2, 0.25) is 10.0 Å². The van der Waals surface area contributed by atoms with Gasteiger partial charge in [0, 0.05) is 12.1 Å². The normalized spacial score (nSPS) is 30.8. The average molecular weight is 417 g/mol. The number of anilines is 1. The monoisotopic (exact) mass is 417 g/mol. The highest BCUT2D eigenvalue weighted by Gasteiger charge is 2.61. The number of aromatic nitrogens is 1. The number of aryl methyl sites for hydroxylation is 2. The number of amides is 1. The van der Waals surface area contributed by atoms with Crippen molar-refractivity contribution in [2.45, 2.75) is 43.7 Å². The smallest absolute Gasteiger partial charge is 0.255 e. The molecule has 154 valence electrons. The molecule has 2 saturated carbocycles. The fourth-order valence-electron chi connectivity index (χ4n) is 5.42. The van der Waals surface area contributed by atoms with Crippen LogP contribution < -0.4 is 5.32 Å². The molecular weight excluding hydrogens is 394 g/mol. The highest BCUT2D eigenvalue weighted by Crippen LogP contribution is 2.56. The fraction of sp³-hybridized carbons (Fsp3) is 0.500. The summed E-state index contributed by atoms with van der Waals surface area (Å²) in [5, 5.41) is 17.1. The van der Waals surface area contributed by atoms with Crippen LogP contribution >= 0.6 is 0 Å². The van der Waals surface area contributed by atoms with Crippen molar-refractivity contribution >= 4 is 21.6 Å². The maximum Gasteiger partial charge on any atom is 0.255 e. The molecule has 5 atom stereocenters. The maximum absolute atomic E-state index is 13.3. The van der Waals surface area contributed by atoms with Gasteiger partial charge in [0.15, 0.2) is 5.76 Å². The first kappa shape index (κ1) is 18.8. The molecule has 3 fully saturated rings. The Morgan fingerprint density at radius 3 is 2.76 bits per heavy atom. The average Bonchev–Trinajstić information content (AvgIpc) is 3.40. The molecule has 3 aliphatic rings. The molecule has 1 aromatic carbocycles. The number of fused-ring (bicyclic) bond motifs is 1. The zero-order chi connectivity index (χ0) is 20.5. The van der Waals surface area contributed by atoms with Crippen LogP contribution in [0.2, 0.25) is 0 Å². The van der Waals surface area contributed by atoms with Crippen LogP contribution in [0.15, 0.2) is 33.7 Å². The third-order valence-corrected chi connectivity index (χ3v) is 8.64. The van der Waals surface area contributed by atoms with Gasteiger partial charge in [0.1, 0.15) is 11.4 Å². The summed E-state index contributed by atoms with van der Waals surface area (Å²) >= 11 is 0. The molecule has 2 aromatic rings. The second-order valence-corrected chi connectivity index (χ2v) is 10.3. The molecule has 0 unspecified atom stereocenters. The number of carbonyl (C=O) groups is 1. The Morgan fingerprint density at radius 1 is 1.28 bits per heavy atom. The van der Waals surface area contributed by atoms with E-state index in [1.807, 2.05) is 0 Å². The lowest BCUT2D eigenvalue weighted by Gasteiger charge is -2.28. The Morgan fingerprint density at radius 2 is 2.07 bits per heavy atom. The van der Waals surface area contributed by atoms with Crippen LogP contribution in [-0.4, -0.2) is 47.6 Å². The molecule has 1 aliphatic heterocycles. The van der Waals surface area contributed by atoms with Gasteiger partial charge in [-0.15, -0.1) is 0 Å². The Bertz CT molecular complexity index is 1070. The van der Waals surface area contributed by atoms with Crippen molar-refractivity contribution in [1.29, 1.82) is 0 Å². The maximum atomic E-state index is 13.3. The van der Waals surface area contributed by atoms with E-state index >= 15 is 0 Å². The van der Waals surface area contributed by atoms with Crippen molar-refractivity contribution in [2.75, 3.05) is 11.9 Å². The summed E-state index contributed by atoms with van der Waals surface area (Å²) in [5.74, 6) is 0.836. The molecule has 1 saturated heterocycles. The Labute approximate surface area is 168 Å². The lowest BCUT2D eigenvalue weighted by Crippen LogP contribution is -2.43. The van der Waals surface area contributed by atoms with E-state index < -0.39 is 22.0 Å². The molecule has 2 heterocycles. The van der Waals surface area contributed by atoms with Gasteiger partial charge < -0.3 is 14.9 Å². The number of hydrogen-bond donors (Lipinski definition) is 2. The van der Waals surface area contributed by atoms with E-state index in [0.717, 1.165) is 12.8 Å². The third kappa shape index (κ3) is 2.75. The van der Waals surface area contributed by atoms with Crippen LogP contribution in [-0.2, 0) is 10.0 Å². The number of nitrogens with one attached hydrogen (secondary N) is 1. The van der Waals surface area contributed by atoms with Crippen LogP contribution in [0.4, 0.5) is 5.69 Å². The van der Waals surface area contributed by atoms with E-state index in [1.165, 1.54) is 16.4 Å². The quantitative estimate of drug-likeness (QED) is 0.786. The first-order valence-electron chi connectivity index (χ1n) is 9.81. The van der Waals surface area contributed by atoms with E-state index in [4.69, 9.17) is 4.52 Å². The van der Waals surface area contributed by atoms with Crippen molar-refractivity contribution in [3.63, 3.8) is 0 Å². The number of aliphatic hydroxyl groups is 1. The molecule has 2 N–H and O–H groups in total. The highest BCUT2D eigenvalue weighted by molar-refractivity contribution is 7.89. The predicted molar refractivity (Wildman–Crippen MR) is 104 cm³/mol. The molecule has 0 spiro atoms. The number of hydrogen-bond acceptors (Lipinski definition) is 6. The number of rotatable bonds is 4. The van der Waals surface area contributed by atoms with Crippen molar-refractivity contribution in [3.05, 3.63) is 41.3 Å². The SMILES string of the molecule is Cc1noc(C)c1NC(=O)c1cccc(S(=O)(=O)N2C[C@@H]3C[C@H]4C[C@H]3[C@H]2[C@@H]4O)c1. The number of sulfonamides is 1. The van der Waals surface area contributed by atoms with Gasteiger partial charge in [-0.3, -0.25) is 4.79 Å². The largest absolute Gasteiger partial charge is 0.391 e. The minimum atomic E-state index is -3.80. The summed E-state index contributed by atoms with van der Waals surface area (Å²) in [7, 11) is -3.80. The van der Waals surface area contributed by atoms with Gasteiger partial charge >= 0.3 is 0 Å². The van der Waals surface area contributed by atoms with E-state index in [2.05, 4.69) is 10.5 Å². The molecule has 8 nitrogen and oxygen atoms in total. The summed E-state index contributed by atoms with van der Waals surface area (Å²) in [5.41, 5.74) is 1.27. The zero-order valence-corrected chi connectivity index (χ0v) is 17.0. The van der Waals surface area contributed by atoms with Gasteiger partial charge in [-0.25, -0.2) is 8.42 Å². The van der Waals surface area contributed by atoms with Crippen molar-refractivity contribution in [3.8, 4) is 0 Å². The first-order valence-corrected chi connectivity index (χ1v) is 11.3. The standard InChI is InChI=1S/C20H23N3O5S/c1-10-17(11(2)28-22-10)21-20(25)12-4-3-5-15(7-12)29(26,27)23-9-14-6-13-8-16(14)18(23)19(13)24/h3-5,7,13-14,16,18-19,24H,6,8-9H2,1-2H3,(H,21,25)/t13-,14-,16+,18-,19+/m0/s1. The second kappa shape index (κ2) is 6.38. The summed E-state index contributed by atoms with van der Waals surface area (Å²) in [6.45, 7) is 3.86. The Hall–Kier alpha value is -2.23. The third-order valence-electron chi connectivity index (χ3n) is 6.78. The van der Waals surface area contributed by atoms with Crippen molar-refractivity contribution in [1.82, 2.24) is 9.46 Å². The first-order chi connectivity index (χ1) is 13.8. The minimum absolute atomic E-state index is 0.0702. The van der Waals surface area contributed by atoms with Crippen LogP contribution in [0, 0.1) is 31.6 Å². The Kier molecular flexibility index (Phi) is 4.13. The number of benzene rings is 1. The topological polar surface area (TPSA) is 113 Å². The van der Waals surface area contributed by atoms with Gasteiger partial charge in [-0.2, -0.15) is 4.31 Å². The lowest BCUT2D eigenvalue weighted by molar-refractivity contribution is 0.0731. The zero-order valence-electron chi connectivity index (χ0n) is 16.2. The Balaban J connectivity index is 1.43. The molecule has 1 amide bonds. The van der Waals surface area contributed by atoms with E-state index in [-0.39, 0.29) is 28.3 Å². The number of carbonyl (C=O) groups excluding carboxylic acids is 1. The van der Waals surface area contributed by atoms with Crippen LogP contribution in [0.3, 0.4) is 0 Å². The van der Waals surface area contributed by atoms with E-state index in [0.29, 0.717) is 29.6 Å². The van der Waals surface area contributed by atoms with Gasteiger partial charge in [-0.1, -0.05) is 11.2 Å². The molecule has 29 heavy (non-hydrogen) atoms. The minimum Gasteiger partial charge on any atom is -0.391 e. The molecule has 2 aliphatic carbocycles. The summed E-state index contributed by atoms with van der Waals surface area (Å²) in [6, 6.07) is 5.68. The predicted octanol–water partition coefficient (Wildman–Crippen LogP) is 1.93. The molecule has 2 bridgehead atoms. The fourth-order valence-corrected chi connectivity index (χ4v) is 7.20. The molecule has 5 rings (SSSR count). The van der Waals surface area contributed by atoms with Gasteiger partial charge in [0.25, 0.3) is 5.91 Å². The van der Waals surface area contributed by atoms with Crippen LogP contribution in [0.1, 0.15) is 34.7 Å². The van der Waals surface area contributed by atoms with Crippen LogP contribution in [0.5, 0.6) is 0 Å². The lowest BCUT2D eigenvalue weighted by atomic mass is 9.88. The second-order valence-electron chi connectivity index (χ2n) is 8.39. The van der Waals surface area contributed by atoms with Gasteiger partial charge in [-0.05, 0) is 62.6 Å². The molecule has 1 aromatic heterocycles. The molecule has 9 heteroatoms. The molecule has 0 radical (unpaired) electrons. The van der Waals surface area contributed by atoms with E-state index in [1.54, 1.807) is 26.0 Å².